The van der Waals surface area contributed by atoms with Crippen LogP contribution in [0.15, 0.2) is 12.3 Å². The number of nitrogens with zero attached hydrogens (tertiary/aromatic N) is 1. The molecule has 3 nitrogen and oxygen atoms in total. The fourth-order valence-corrected chi connectivity index (χ4v) is 1.69. The second kappa shape index (κ2) is 3.47. The first kappa shape index (κ1) is 9.85. The third-order valence-electron chi connectivity index (χ3n) is 2.81. The van der Waals surface area contributed by atoms with Crippen LogP contribution in [0.1, 0.15) is 18.4 Å². The molecule has 2 rings (SSSR count). The Labute approximate surface area is 89.4 Å². The van der Waals surface area contributed by atoms with Crippen LogP contribution < -0.4 is 9.47 Å². The summed E-state index contributed by atoms with van der Waals surface area (Å²) in [5, 5.41) is 0. The minimum atomic E-state index is -0.151. The zero-order valence-electron chi connectivity index (χ0n) is 8.91. The normalized spacial score (nSPS) is 16.6. The molecule has 1 fully saturated rings. The maximum atomic E-state index is 5.55. The van der Waals surface area contributed by atoms with E-state index in [1.165, 1.54) is 0 Å². The van der Waals surface area contributed by atoms with Crippen molar-refractivity contribution in [3.8, 4) is 24.0 Å². The highest BCUT2D eigenvalue weighted by atomic mass is 16.5. The van der Waals surface area contributed by atoms with E-state index in [1.54, 1.807) is 20.4 Å². The Morgan fingerprint density at radius 1 is 1.40 bits per heavy atom. The summed E-state index contributed by atoms with van der Waals surface area (Å²) >= 11 is 0. The number of methoxy groups -OCH3 is 2. The first-order valence-corrected chi connectivity index (χ1v) is 4.82. The summed E-state index contributed by atoms with van der Waals surface area (Å²) in [6.45, 7) is 0. The number of pyridine rings is 1. The molecule has 0 bridgehead atoms. The molecule has 0 spiro atoms. The number of terminal acetylenes is 1. The quantitative estimate of drug-likeness (QED) is 0.701. The minimum Gasteiger partial charge on any atom is -0.495 e. The predicted octanol–water partition coefficient (Wildman–Crippen LogP) is 1.76. The molecular formula is C12H13NO2. The average molecular weight is 203 g/mol. The van der Waals surface area contributed by atoms with Crippen LogP contribution >= 0.6 is 0 Å². The van der Waals surface area contributed by atoms with Crippen molar-refractivity contribution in [1.29, 1.82) is 0 Å². The van der Waals surface area contributed by atoms with Crippen LogP contribution in [0, 0.1) is 12.3 Å². The van der Waals surface area contributed by atoms with Crippen LogP contribution in [0.3, 0.4) is 0 Å². The summed E-state index contributed by atoms with van der Waals surface area (Å²) in [6, 6.07) is 1.87. The lowest BCUT2D eigenvalue weighted by Crippen LogP contribution is -2.06. The monoisotopic (exact) mass is 203 g/mol. The SMILES string of the molecule is C#CC1(c2cc(OC)ncc2OC)CC1. The fourth-order valence-electron chi connectivity index (χ4n) is 1.69. The molecule has 3 heteroatoms. The van der Waals surface area contributed by atoms with Crippen LogP contribution in [-0.4, -0.2) is 19.2 Å². The number of aromatic nitrogens is 1. The molecule has 0 saturated heterocycles. The molecule has 0 unspecified atom stereocenters. The van der Waals surface area contributed by atoms with Gasteiger partial charge in [0.05, 0.1) is 25.8 Å². The van der Waals surface area contributed by atoms with Gasteiger partial charge in [-0.15, -0.1) is 6.42 Å². The van der Waals surface area contributed by atoms with E-state index in [-0.39, 0.29) is 5.41 Å². The highest BCUT2D eigenvalue weighted by Gasteiger charge is 2.45. The summed E-state index contributed by atoms with van der Waals surface area (Å²) < 4.78 is 10.3. The molecule has 1 aliphatic carbocycles. The Balaban J connectivity index is 2.48. The lowest BCUT2D eigenvalue weighted by molar-refractivity contribution is 0.382. The van der Waals surface area contributed by atoms with Crippen LogP contribution in [0.25, 0.3) is 0 Å². The standard InChI is InChI=1S/C12H13NO2/c1-4-12(5-6-12)9-7-11(15-3)13-8-10(9)14-2/h1,7-8H,5-6H2,2-3H3. The van der Waals surface area contributed by atoms with Gasteiger partial charge in [-0.3, -0.25) is 0 Å². The molecule has 1 aromatic heterocycles. The van der Waals surface area contributed by atoms with Crippen LogP contribution in [0.5, 0.6) is 11.6 Å². The summed E-state index contributed by atoms with van der Waals surface area (Å²) in [5.74, 6) is 4.15. The maximum absolute atomic E-state index is 5.55. The van der Waals surface area contributed by atoms with Crippen molar-refractivity contribution < 1.29 is 9.47 Å². The lowest BCUT2D eigenvalue weighted by atomic mass is 9.97. The molecule has 0 amide bonds. The van der Waals surface area contributed by atoms with Crippen molar-refractivity contribution in [2.75, 3.05) is 14.2 Å². The van der Waals surface area contributed by atoms with Crippen molar-refractivity contribution >= 4 is 0 Å². The van der Waals surface area contributed by atoms with Crippen LogP contribution in [0.4, 0.5) is 0 Å². The molecule has 15 heavy (non-hydrogen) atoms. The third-order valence-corrected chi connectivity index (χ3v) is 2.81. The van der Waals surface area contributed by atoms with Gasteiger partial charge in [0.1, 0.15) is 5.75 Å². The third kappa shape index (κ3) is 1.52. The van der Waals surface area contributed by atoms with Crippen LogP contribution in [-0.2, 0) is 5.41 Å². The molecule has 0 radical (unpaired) electrons. The molecule has 0 aliphatic heterocycles. The molecule has 1 aliphatic rings. The van der Waals surface area contributed by atoms with Crippen molar-refractivity contribution in [3.05, 3.63) is 17.8 Å². The number of hydrogen-bond donors (Lipinski definition) is 0. The van der Waals surface area contributed by atoms with Crippen molar-refractivity contribution in [3.63, 3.8) is 0 Å². The van der Waals surface area contributed by atoms with Gasteiger partial charge in [0.2, 0.25) is 5.88 Å². The molecule has 0 aromatic carbocycles. The van der Waals surface area contributed by atoms with E-state index in [4.69, 9.17) is 15.9 Å². The Morgan fingerprint density at radius 3 is 2.60 bits per heavy atom. The second-order valence-electron chi connectivity index (χ2n) is 3.65. The lowest BCUT2D eigenvalue weighted by Gasteiger charge is -2.13. The Hall–Kier alpha value is -1.69. The average Bonchev–Trinajstić information content (AvgIpc) is 3.09. The van der Waals surface area contributed by atoms with Crippen molar-refractivity contribution in [2.45, 2.75) is 18.3 Å². The van der Waals surface area contributed by atoms with Crippen molar-refractivity contribution in [1.82, 2.24) is 4.98 Å². The zero-order valence-corrected chi connectivity index (χ0v) is 8.91. The van der Waals surface area contributed by atoms with Gasteiger partial charge in [-0.05, 0) is 12.8 Å². The number of ether oxygens (including phenoxy) is 2. The minimum absolute atomic E-state index is 0.151. The zero-order chi connectivity index (χ0) is 10.9. The maximum Gasteiger partial charge on any atom is 0.213 e. The van der Waals surface area contributed by atoms with Gasteiger partial charge >= 0.3 is 0 Å². The summed E-state index contributed by atoms with van der Waals surface area (Å²) in [7, 11) is 3.22. The molecule has 0 N–H and O–H groups in total. The predicted molar refractivity (Wildman–Crippen MR) is 57.1 cm³/mol. The Kier molecular flexibility index (Phi) is 2.28. The molecule has 1 saturated carbocycles. The van der Waals surface area contributed by atoms with E-state index in [1.807, 2.05) is 6.07 Å². The second-order valence-corrected chi connectivity index (χ2v) is 3.65. The van der Waals surface area contributed by atoms with E-state index in [0.29, 0.717) is 5.88 Å². The highest BCUT2D eigenvalue weighted by molar-refractivity contribution is 5.49. The topological polar surface area (TPSA) is 31.4 Å². The van der Waals surface area contributed by atoms with Crippen molar-refractivity contribution in [2.24, 2.45) is 0 Å². The first-order valence-electron chi connectivity index (χ1n) is 4.82. The summed E-state index contributed by atoms with van der Waals surface area (Å²) in [5.41, 5.74) is 0.862. The van der Waals surface area contributed by atoms with Gasteiger partial charge < -0.3 is 9.47 Å². The highest BCUT2D eigenvalue weighted by Crippen LogP contribution is 2.51. The van der Waals surface area contributed by atoms with Gasteiger partial charge in [-0.1, -0.05) is 5.92 Å². The Bertz CT molecular complexity index is 416. The Morgan fingerprint density at radius 2 is 2.13 bits per heavy atom. The van der Waals surface area contributed by atoms with E-state index in [0.717, 1.165) is 24.2 Å². The molecule has 0 atom stereocenters. The van der Waals surface area contributed by atoms with Gasteiger partial charge in [-0.25, -0.2) is 4.98 Å². The summed E-state index contributed by atoms with van der Waals surface area (Å²) in [4.78, 5) is 4.09. The summed E-state index contributed by atoms with van der Waals surface area (Å²) in [6.07, 6.45) is 9.22. The molecule has 1 heterocycles. The van der Waals surface area contributed by atoms with Gasteiger partial charge in [0, 0.05) is 11.6 Å². The van der Waals surface area contributed by atoms with Gasteiger partial charge in [0.15, 0.2) is 0 Å². The number of hydrogen-bond acceptors (Lipinski definition) is 3. The molecule has 1 aromatic rings. The smallest absolute Gasteiger partial charge is 0.213 e. The molecular weight excluding hydrogens is 190 g/mol. The van der Waals surface area contributed by atoms with E-state index >= 15 is 0 Å². The van der Waals surface area contributed by atoms with E-state index < -0.39 is 0 Å². The van der Waals surface area contributed by atoms with Gasteiger partial charge in [-0.2, -0.15) is 0 Å². The number of rotatable bonds is 3. The van der Waals surface area contributed by atoms with E-state index in [9.17, 15) is 0 Å². The van der Waals surface area contributed by atoms with E-state index in [2.05, 4.69) is 10.9 Å². The largest absolute Gasteiger partial charge is 0.495 e. The van der Waals surface area contributed by atoms with Gasteiger partial charge in [0.25, 0.3) is 0 Å². The molecule has 78 valence electrons. The fraction of sp³-hybridized carbons (Fsp3) is 0.417. The van der Waals surface area contributed by atoms with Crippen LogP contribution in [0.2, 0.25) is 0 Å². The first-order chi connectivity index (χ1) is 7.25.